The number of halogens is 2. The molecule has 7 heteroatoms. The lowest BCUT2D eigenvalue weighted by Gasteiger charge is -2.08. The number of nitrogens with one attached hydrogen (secondary N) is 1. The van der Waals surface area contributed by atoms with E-state index in [4.69, 9.17) is 0 Å². The highest BCUT2D eigenvalue weighted by molar-refractivity contribution is 9.10. The van der Waals surface area contributed by atoms with Crippen LogP contribution in [0.2, 0.25) is 0 Å². The Labute approximate surface area is 148 Å². The number of hydrogen-bond donors (Lipinski definition) is 1. The van der Waals surface area contributed by atoms with Gasteiger partial charge in [0.25, 0.3) is 11.5 Å². The third-order valence-corrected chi connectivity index (χ3v) is 4.11. The molecule has 0 atom stereocenters. The summed E-state index contributed by atoms with van der Waals surface area (Å²) >= 11 is 3.13. The SMILES string of the molecule is CCCCn1nc(C(=O)NCCc2ccc(F)c(Br)c2)ccc1=O. The number of carbonyl (C=O) groups excluding carboxylic acids is 1. The van der Waals surface area contributed by atoms with Gasteiger partial charge in [0.05, 0.1) is 4.47 Å². The number of carbonyl (C=O) groups is 1. The Kier molecular flexibility index (Phi) is 6.66. The summed E-state index contributed by atoms with van der Waals surface area (Å²) in [7, 11) is 0. The van der Waals surface area contributed by atoms with E-state index in [1.165, 1.54) is 22.9 Å². The maximum atomic E-state index is 13.2. The summed E-state index contributed by atoms with van der Waals surface area (Å²) in [5.41, 5.74) is 0.909. The van der Waals surface area contributed by atoms with Crippen LogP contribution in [0.4, 0.5) is 4.39 Å². The maximum Gasteiger partial charge on any atom is 0.271 e. The molecule has 1 heterocycles. The summed E-state index contributed by atoms with van der Waals surface area (Å²) in [6, 6.07) is 7.52. The molecule has 24 heavy (non-hydrogen) atoms. The molecule has 0 radical (unpaired) electrons. The van der Waals surface area contributed by atoms with Crippen molar-refractivity contribution in [2.75, 3.05) is 6.54 Å². The first-order valence-corrected chi connectivity index (χ1v) is 8.61. The Hall–Kier alpha value is -2.02. The molecule has 0 saturated heterocycles. The van der Waals surface area contributed by atoms with Crippen molar-refractivity contribution >= 4 is 21.8 Å². The minimum Gasteiger partial charge on any atom is -0.350 e. The molecule has 1 aromatic carbocycles. The van der Waals surface area contributed by atoms with Gasteiger partial charge in [-0.25, -0.2) is 9.07 Å². The maximum absolute atomic E-state index is 13.2. The molecule has 0 aliphatic rings. The van der Waals surface area contributed by atoms with Gasteiger partial charge in [0, 0.05) is 19.2 Å². The number of rotatable bonds is 7. The van der Waals surface area contributed by atoms with E-state index in [0.29, 0.717) is 24.0 Å². The van der Waals surface area contributed by atoms with Crippen molar-refractivity contribution in [1.82, 2.24) is 15.1 Å². The van der Waals surface area contributed by atoms with Gasteiger partial charge in [-0.15, -0.1) is 0 Å². The number of hydrogen-bond acceptors (Lipinski definition) is 3. The molecule has 1 amide bonds. The molecule has 0 aliphatic heterocycles. The highest BCUT2D eigenvalue weighted by atomic mass is 79.9. The summed E-state index contributed by atoms with van der Waals surface area (Å²) in [4.78, 5) is 23.8. The van der Waals surface area contributed by atoms with E-state index in [2.05, 4.69) is 26.3 Å². The van der Waals surface area contributed by atoms with Crippen LogP contribution in [-0.2, 0) is 13.0 Å². The minimum absolute atomic E-state index is 0.212. The zero-order valence-corrected chi connectivity index (χ0v) is 15.0. The van der Waals surface area contributed by atoms with E-state index in [0.717, 1.165) is 18.4 Å². The van der Waals surface area contributed by atoms with Crippen molar-refractivity contribution in [2.45, 2.75) is 32.7 Å². The summed E-state index contributed by atoms with van der Waals surface area (Å²) < 4.78 is 14.9. The predicted molar refractivity (Wildman–Crippen MR) is 93.5 cm³/mol. The number of aromatic nitrogens is 2. The van der Waals surface area contributed by atoms with Gasteiger partial charge in [-0.05, 0) is 52.5 Å². The largest absolute Gasteiger partial charge is 0.350 e. The molecule has 1 aromatic heterocycles. The molecule has 0 bridgehead atoms. The highest BCUT2D eigenvalue weighted by Gasteiger charge is 2.09. The monoisotopic (exact) mass is 395 g/mol. The van der Waals surface area contributed by atoms with E-state index < -0.39 is 0 Å². The molecule has 0 unspecified atom stereocenters. The summed E-state index contributed by atoms with van der Waals surface area (Å²) in [5.74, 6) is -0.650. The third-order valence-electron chi connectivity index (χ3n) is 3.51. The molecule has 1 N–H and O–H groups in total. The average molecular weight is 396 g/mol. The first kappa shape index (κ1) is 18.3. The Balaban J connectivity index is 1.94. The van der Waals surface area contributed by atoms with Crippen LogP contribution < -0.4 is 10.9 Å². The molecule has 0 aliphatic carbocycles. The van der Waals surface area contributed by atoms with Gasteiger partial charge < -0.3 is 5.32 Å². The average Bonchev–Trinajstić information content (AvgIpc) is 2.57. The van der Waals surface area contributed by atoms with E-state index in [1.54, 1.807) is 12.1 Å². The van der Waals surface area contributed by atoms with Crippen LogP contribution in [0.1, 0.15) is 35.8 Å². The van der Waals surface area contributed by atoms with Crippen molar-refractivity contribution in [3.63, 3.8) is 0 Å². The Bertz CT molecular complexity index is 777. The first-order valence-electron chi connectivity index (χ1n) is 7.81. The Morgan fingerprint density at radius 1 is 1.33 bits per heavy atom. The zero-order valence-electron chi connectivity index (χ0n) is 13.4. The lowest BCUT2D eigenvalue weighted by Crippen LogP contribution is -2.30. The molecular weight excluding hydrogens is 377 g/mol. The molecule has 0 saturated carbocycles. The second kappa shape index (κ2) is 8.73. The summed E-state index contributed by atoms with van der Waals surface area (Å²) in [6.07, 6.45) is 2.34. The van der Waals surface area contributed by atoms with Crippen LogP contribution in [0, 0.1) is 5.82 Å². The van der Waals surface area contributed by atoms with Crippen LogP contribution in [0.15, 0.2) is 39.6 Å². The number of nitrogens with zero attached hydrogens (tertiary/aromatic N) is 2. The van der Waals surface area contributed by atoms with E-state index in [9.17, 15) is 14.0 Å². The second-order valence-corrected chi connectivity index (χ2v) is 6.24. The fraction of sp³-hybridized carbons (Fsp3) is 0.353. The van der Waals surface area contributed by atoms with E-state index >= 15 is 0 Å². The number of benzene rings is 1. The lowest BCUT2D eigenvalue weighted by atomic mass is 10.1. The third kappa shape index (κ3) is 4.99. The van der Waals surface area contributed by atoms with Gasteiger partial charge in [0.15, 0.2) is 0 Å². The Morgan fingerprint density at radius 2 is 2.12 bits per heavy atom. The number of amides is 1. The standard InChI is InChI=1S/C17H19BrFN3O2/c1-2-3-10-22-16(23)7-6-15(21-22)17(24)20-9-8-12-4-5-14(19)13(18)11-12/h4-7,11H,2-3,8-10H2,1H3,(H,20,24). The van der Waals surface area contributed by atoms with E-state index in [1.807, 2.05) is 6.92 Å². The molecular formula is C17H19BrFN3O2. The number of aryl methyl sites for hydroxylation is 1. The van der Waals surface area contributed by atoms with Crippen LogP contribution in [-0.4, -0.2) is 22.2 Å². The van der Waals surface area contributed by atoms with Crippen LogP contribution >= 0.6 is 15.9 Å². The van der Waals surface area contributed by atoms with Crippen LogP contribution in [0.25, 0.3) is 0 Å². The fourth-order valence-corrected chi connectivity index (χ4v) is 2.57. The van der Waals surface area contributed by atoms with E-state index in [-0.39, 0.29) is 23.0 Å². The van der Waals surface area contributed by atoms with Crippen molar-refractivity contribution in [3.8, 4) is 0 Å². The van der Waals surface area contributed by atoms with Crippen molar-refractivity contribution in [1.29, 1.82) is 0 Å². The van der Waals surface area contributed by atoms with Crippen molar-refractivity contribution < 1.29 is 9.18 Å². The normalized spacial score (nSPS) is 10.6. The molecule has 0 spiro atoms. The van der Waals surface area contributed by atoms with Gasteiger partial charge >= 0.3 is 0 Å². The summed E-state index contributed by atoms with van der Waals surface area (Å²) in [5, 5.41) is 6.85. The van der Waals surface area contributed by atoms with Gasteiger partial charge in [-0.3, -0.25) is 9.59 Å². The number of unbranched alkanes of at least 4 members (excludes halogenated alkanes) is 1. The zero-order chi connectivity index (χ0) is 17.5. The van der Waals surface area contributed by atoms with Gasteiger partial charge in [-0.2, -0.15) is 5.10 Å². The van der Waals surface area contributed by atoms with Gasteiger partial charge in [0.2, 0.25) is 0 Å². The first-order chi connectivity index (χ1) is 11.5. The molecule has 128 valence electrons. The second-order valence-electron chi connectivity index (χ2n) is 5.39. The lowest BCUT2D eigenvalue weighted by molar-refractivity contribution is 0.0946. The highest BCUT2D eigenvalue weighted by Crippen LogP contribution is 2.16. The smallest absolute Gasteiger partial charge is 0.271 e. The quantitative estimate of drug-likeness (QED) is 0.783. The van der Waals surface area contributed by atoms with Gasteiger partial charge in [0.1, 0.15) is 11.5 Å². The van der Waals surface area contributed by atoms with Crippen LogP contribution in [0.3, 0.4) is 0 Å². The molecule has 2 aromatic rings. The predicted octanol–water partition coefficient (Wildman–Crippen LogP) is 2.92. The summed E-state index contributed by atoms with van der Waals surface area (Å²) in [6.45, 7) is 2.92. The molecule has 2 rings (SSSR count). The Morgan fingerprint density at radius 3 is 2.83 bits per heavy atom. The van der Waals surface area contributed by atoms with Gasteiger partial charge in [-0.1, -0.05) is 19.4 Å². The minimum atomic E-state index is -0.332. The topological polar surface area (TPSA) is 64.0 Å². The molecule has 5 nitrogen and oxygen atoms in total. The van der Waals surface area contributed by atoms with Crippen LogP contribution in [0.5, 0.6) is 0 Å². The fourth-order valence-electron chi connectivity index (χ4n) is 2.14. The molecule has 0 fully saturated rings. The van der Waals surface area contributed by atoms with Crippen molar-refractivity contribution in [2.24, 2.45) is 0 Å². The van der Waals surface area contributed by atoms with Crippen molar-refractivity contribution in [3.05, 3.63) is 62.2 Å².